The third-order valence-electron chi connectivity index (χ3n) is 5.43. The van der Waals surface area contributed by atoms with Gasteiger partial charge in [-0.1, -0.05) is 23.7 Å². The molecule has 4 rings (SSSR count). The van der Waals surface area contributed by atoms with Crippen molar-refractivity contribution in [3.63, 3.8) is 0 Å². The molecule has 0 saturated carbocycles. The van der Waals surface area contributed by atoms with Gasteiger partial charge in [0.1, 0.15) is 17.2 Å². The Morgan fingerprint density at radius 1 is 0.944 bits per heavy atom. The molecule has 0 aliphatic carbocycles. The quantitative estimate of drug-likeness (QED) is 0.240. The number of rotatable bonds is 10. The molecule has 0 aliphatic heterocycles. The number of pyridine rings is 1. The number of methoxy groups -OCH3 is 2. The summed E-state index contributed by atoms with van der Waals surface area (Å²) < 4.78 is 22.5. The monoisotopic (exact) mass is 508 g/mol. The molecule has 1 heterocycles. The van der Waals surface area contributed by atoms with Crippen LogP contribution >= 0.6 is 11.6 Å². The van der Waals surface area contributed by atoms with Crippen molar-refractivity contribution in [2.75, 3.05) is 32.3 Å². The molecule has 186 valence electrons. The van der Waals surface area contributed by atoms with Crippen LogP contribution in [0.25, 0.3) is 10.9 Å². The molecule has 0 radical (unpaired) electrons. The van der Waals surface area contributed by atoms with Gasteiger partial charge >= 0.3 is 6.09 Å². The van der Waals surface area contributed by atoms with E-state index in [2.05, 4.69) is 4.98 Å². The number of carbonyl (C=O) groups is 1. The standard InChI is InChI=1S/C27H25ClN2O6/c1-33-25-16-20-22(17-26(25)34-2)29-13-12-23(20)36-19-10-8-18(9-11-19)30(27(31)32)14-5-15-35-24-7-4-3-6-21(24)28/h3-4,6-13,16-17H,5,14-15H2,1-2H3,(H,31,32). The molecule has 36 heavy (non-hydrogen) atoms. The van der Waals surface area contributed by atoms with Crippen LogP contribution in [0.15, 0.2) is 72.9 Å². The van der Waals surface area contributed by atoms with E-state index in [4.69, 9.17) is 30.5 Å². The maximum atomic E-state index is 11.9. The lowest BCUT2D eigenvalue weighted by molar-refractivity contribution is 0.201. The summed E-state index contributed by atoms with van der Waals surface area (Å²) in [7, 11) is 3.13. The molecule has 1 amide bonds. The summed E-state index contributed by atoms with van der Waals surface area (Å²) in [5.41, 5.74) is 1.22. The topological polar surface area (TPSA) is 90.4 Å². The Morgan fingerprint density at radius 3 is 2.36 bits per heavy atom. The summed E-state index contributed by atoms with van der Waals surface area (Å²) in [5.74, 6) is 2.84. The summed E-state index contributed by atoms with van der Waals surface area (Å²) >= 11 is 6.09. The maximum Gasteiger partial charge on any atom is 0.411 e. The zero-order valence-electron chi connectivity index (χ0n) is 19.8. The Labute approximate surface area is 213 Å². The van der Waals surface area contributed by atoms with Gasteiger partial charge in [-0.25, -0.2) is 4.79 Å². The molecule has 4 aromatic rings. The first-order valence-electron chi connectivity index (χ1n) is 11.2. The number of hydrogen-bond donors (Lipinski definition) is 1. The first-order chi connectivity index (χ1) is 17.5. The third kappa shape index (κ3) is 5.72. The number of halogens is 1. The van der Waals surface area contributed by atoms with Crippen LogP contribution in [0.4, 0.5) is 10.5 Å². The minimum Gasteiger partial charge on any atom is -0.493 e. The summed E-state index contributed by atoms with van der Waals surface area (Å²) in [6.07, 6.45) is 1.08. The normalized spacial score (nSPS) is 10.6. The lowest BCUT2D eigenvalue weighted by Crippen LogP contribution is -2.31. The van der Waals surface area contributed by atoms with E-state index in [0.29, 0.717) is 58.0 Å². The van der Waals surface area contributed by atoms with Gasteiger partial charge in [0.25, 0.3) is 0 Å². The van der Waals surface area contributed by atoms with Gasteiger partial charge in [0, 0.05) is 29.9 Å². The van der Waals surface area contributed by atoms with E-state index in [-0.39, 0.29) is 6.54 Å². The molecule has 0 atom stereocenters. The molecule has 9 heteroatoms. The predicted molar refractivity (Wildman–Crippen MR) is 138 cm³/mol. The lowest BCUT2D eigenvalue weighted by atomic mass is 10.2. The fraction of sp³-hybridized carbons (Fsp3) is 0.185. The highest BCUT2D eigenvalue weighted by atomic mass is 35.5. The van der Waals surface area contributed by atoms with E-state index >= 15 is 0 Å². The molecule has 0 bridgehead atoms. The molecule has 0 fully saturated rings. The molecule has 8 nitrogen and oxygen atoms in total. The zero-order chi connectivity index (χ0) is 25.5. The van der Waals surface area contributed by atoms with Crippen LogP contribution in [0.5, 0.6) is 28.7 Å². The van der Waals surface area contributed by atoms with Gasteiger partial charge in [0.2, 0.25) is 0 Å². The van der Waals surface area contributed by atoms with Crippen LogP contribution in [-0.2, 0) is 0 Å². The Kier molecular flexibility index (Phi) is 7.97. The van der Waals surface area contributed by atoms with E-state index in [9.17, 15) is 9.90 Å². The highest BCUT2D eigenvalue weighted by Crippen LogP contribution is 2.37. The van der Waals surface area contributed by atoms with Crippen LogP contribution in [0.2, 0.25) is 5.02 Å². The maximum absolute atomic E-state index is 11.9. The fourth-order valence-electron chi connectivity index (χ4n) is 3.66. The fourth-order valence-corrected chi connectivity index (χ4v) is 3.85. The van der Waals surface area contributed by atoms with Gasteiger partial charge in [-0.2, -0.15) is 0 Å². The molecule has 0 unspecified atom stereocenters. The van der Waals surface area contributed by atoms with E-state index in [1.54, 1.807) is 68.9 Å². The molecule has 3 aromatic carbocycles. The average Bonchev–Trinajstić information content (AvgIpc) is 2.89. The lowest BCUT2D eigenvalue weighted by Gasteiger charge is -2.20. The molecule has 0 saturated heterocycles. The smallest absolute Gasteiger partial charge is 0.411 e. The molecule has 1 aromatic heterocycles. The van der Waals surface area contributed by atoms with Gasteiger partial charge in [-0.05, 0) is 55.0 Å². The van der Waals surface area contributed by atoms with Crippen LogP contribution in [0, 0.1) is 0 Å². The van der Waals surface area contributed by atoms with Gasteiger partial charge in [0.05, 0.1) is 31.4 Å². The van der Waals surface area contributed by atoms with Crippen LogP contribution in [-0.4, -0.2) is 43.6 Å². The number of carboxylic acid groups (broad SMARTS) is 1. The van der Waals surface area contributed by atoms with Crippen molar-refractivity contribution in [3.8, 4) is 28.7 Å². The molecule has 0 spiro atoms. The van der Waals surface area contributed by atoms with Crippen molar-refractivity contribution in [2.24, 2.45) is 0 Å². The van der Waals surface area contributed by atoms with E-state index in [1.807, 2.05) is 18.2 Å². The molecule has 1 N–H and O–H groups in total. The number of para-hydroxylation sites is 1. The van der Waals surface area contributed by atoms with Crippen molar-refractivity contribution in [1.29, 1.82) is 0 Å². The predicted octanol–water partition coefficient (Wildman–Crippen LogP) is 6.65. The minimum absolute atomic E-state index is 0.261. The number of nitrogens with zero attached hydrogens (tertiary/aromatic N) is 2. The summed E-state index contributed by atoms with van der Waals surface area (Å²) in [6, 6.07) is 19.3. The number of aromatic nitrogens is 1. The Morgan fingerprint density at radius 2 is 1.67 bits per heavy atom. The first-order valence-corrected chi connectivity index (χ1v) is 11.5. The second kappa shape index (κ2) is 11.5. The van der Waals surface area contributed by atoms with Crippen molar-refractivity contribution in [3.05, 3.63) is 77.9 Å². The Hall–Kier alpha value is -4.17. The Balaban J connectivity index is 1.44. The van der Waals surface area contributed by atoms with Crippen molar-refractivity contribution in [1.82, 2.24) is 4.98 Å². The molecular weight excluding hydrogens is 484 g/mol. The number of ether oxygens (including phenoxy) is 4. The highest BCUT2D eigenvalue weighted by molar-refractivity contribution is 6.32. The molecule has 0 aliphatic rings. The Bertz CT molecular complexity index is 1350. The molecular formula is C27H25ClN2O6. The van der Waals surface area contributed by atoms with E-state index < -0.39 is 6.09 Å². The van der Waals surface area contributed by atoms with Gasteiger partial charge in [-0.3, -0.25) is 9.88 Å². The van der Waals surface area contributed by atoms with Crippen LogP contribution < -0.4 is 23.8 Å². The number of benzene rings is 3. The van der Waals surface area contributed by atoms with Crippen molar-refractivity contribution >= 4 is 34.3 Å². The van der Waals surface area contributed by atoms with Gasteiger partial charge in [0.15, 0.2) is 11.5 Å². The summed E-state index contributed by atoms with van der Waals surface area (Å²) in [6.45, 7) is 0.592. The van der Waals surface area contributed by atoms with Crippen LogP contribution in [0.1, 0.15) is 6.42 Å². The number of amides is 1. The van der Waals surface area contributed by atoms with E-state index in [0.717, 1.165) is 5.39 Å². The minimum atomic E-state index is -1.05. The summed E-state index contributed by atoms with van der Waals surface area (Å²) in [4.78, 5) is 17.5. The van der Waals surface area contributed by atoms with Crippen LogP contribution in [0.3, 0.4) is 0 Å². The average molecular weight is 509 g/mol. The van der Waals surface area contributed by atoms with Gasteiger partial charge < -0.3 is 24.1 Å². The largest absolute Gasteiger partial charge is 0.493 e. The summed E-state index contributed by atoms with van der Waals surface area (Å²) in [5, 5.41) is 11.0. The highest BCUT2D eigenvalue weighted by Gasteiger charge is 2.15. The number of anilines is 1. The SMILES string of the molecule is COc1cc2nccc(Oc3ccc(N(CCCOc4ccccc4Cl)C(=O)O)cc3)c2cc1OC. The second-order valence-corrected chi connectivity index (χ2v) is 8.10. The van der Waals surface area contributed by atoms with Crippen molar-refractivity contribution in [2.45, 2.75) is 6.42 Å². The van der Waals surface area contributed by atoms with E-state index in [1.165, 1.54) is 4.90 Å². The third-order valence-corrected chi connectivity index (χ3v) is 5.75. The van der Waals surface area contributed by atoms with Crippen molar-refractivity contribution < 1.29 is 28.8 Å². The zero-order valence-corrected chi connectivity index (χ0v) is 20.6. The second-order valence-electron chi connectivity index (χ2n) is 7.70. The first kappa shape index (κ1) is 24.9. The van der Waals surface area contributed by atoms with Gasteiger partial charge in [-0.15, -0.1) is 0 Å². The number of fused-ring (bicyclic) bond motifs is 1. The number of hydrogen-bond acceptors (Lipinski definition) is 6.